The standard InChI is InChI=1S/C14H26N2O2/c1-3-18-8-7-14(5-4-6-14)10-15-13(17)16-12-9-11(12)2/h11-12H,3-10H2,1-2H3,(H2,15,16,17)/t11-,12+/m0/s1. The molecule has 18 heavy (non-hydrogen) atoms. The van der Waals surface area contributed by atoms with Crippen LogP contribution in [0.5, 0.6) is 0 Å². The topological polar surface area (TPSA) is 50.4 Å². The first-order valence-corrected chi connectivity index (χ1v) is 7.27. The van der Waals surface area contributed by atoms with E-state index in [1.807, 2.05) is 6.92 Å². The molecule has 0 unspecified atom stereocenters. The summed E-state index contributed by atoms with van der Waals surface area (Å²) in [6.45, 7) is 6.59. The minimum Gasteiger partial charge on any atom is -0.382 e. The largest absolute Gasteiger partial charge is 0.382 e. The van der Waals surface area contributed by atoms with Crippen LogP contribution >= 0.6 is 0 Å². The highest BCUT2D eigenvalue weighted by Gasteiger charge is 2.38. The van der Waals surface area contributed by atoms with Crippen LogP contribution < -0.4 is 10.6 Å². The Labute approximate surface area is 110 Å². The van der Waals surface area contributed by atoms with Gasteiger partial charge in [-0.3, -0.25) is 0 Å². The SMILES string of the molecule is CCOCCC1(CNC(=O)N[C@@H]2C[C@@H]2C)CCC1. The summed E-state index contributed by atoms with van der Waals surface area (Å²) in [4.78, 5) is 11.7. The summed E-state index contributed by atoms with van der Waals surface area (Å²) < 4.78 is 5.43. The van der Waals surface area contributed by atoms with Crippen molar-refractivity contribution in [3.05, 3.63) is 0 Å². The number of carbonyl (C=O) groups excluding carboxylic acids is 1. The molecule has 104 valence electrons. The average molecular weight is 254 g/mol. The quantitative estimate of drug-likeness (QED) is 0.685. The molecule has 2 rings (SSSR count). The van der Waals surface area contributed by atoms with Crippen molar-refractivity contribution in [3.8, 4) is 0 Å². The number of ether oxygens (including phenoxy) is 1. The smallest absolute Gasteiger partial charge is 0.315 e. The van der Waals surface area contributed by atoms with Crippen LogP contribution in [0.2, 0.25) is 0 Å². The maximum Gasteiger partial charge on any atom is 0.315 e. The van der Waals surface area contributed by atoms with E-state index in [4.69, 9.17) is 4.74 Å². The van der Waals surface area contributed by atoms with Crippen molar-refractivity contribution in [1.29, 1.82) is 0 Å². The van der Waals surface area contributed by atoms with Crippen LogP contribution in [-0.4, -0.2) is 31.8 Å². The molecule has 0 aromatic carbocycles. The third-order valence-corrected chi connectivity index (χ3v) is 4.44. The van der Waals surface area contributed by atoms with E-state index in [1.54, 1.807) is 0 Å². The van der Waals surface area contributed by atoms with Crippen molar-refractivity contribution in [2.75, 3.05) is 19.8 Å². The minimum atomic E-state index is 0.00651. The molecule has 2 aliphatic carbocycles. The van der Waals surface area contributed by atoms with Crippen LogP contribution in [0.25, 0.3) is 0 Å². The first kappa shape index (κ1) is 13.7. The fourth-order valence-corrected chi connectivity index (χ4v) is 2.64. The molecule has 0 spiro atoms. The normalized spacial score (nSPS) is 28.3. The van der Waals surface area contributed by atoms with Crippen molar-refractivity contribution in [1.82, 2.24) is 10.6 Å². The number of amides is 2. The van der Waals surface area contributed by atoms with Crippen LogP contribution in [0.15, 0.2) is 0 Å². The second-order valence-corrected chi connectivity index (χ2v) is 5.95. The molecule has 2 aliphatic rings. The molecule has 2 amide bonds. The second-order valence-electron chi connectivity index (χ2n) is 5.95. The summed E-state index contributed by atoms with van der Waals surface area (Å²) >= 11 is 0. The van der Waals surface area contributed by atoms with Gasteiger partial charge in [-0.1, -0.05) is 13.3 Å². The Hall–Kier alpha value is -0.770. The Kier molecular flexibility index (Phi) is 4.49. The lowest BCUT2D eigenvalue weighted by Crippen LogP contribution is -2.46. The summed E-state index contributed by atoms with van der Waals surface area (Å²) in [5.41, 5.74) is 0.307. The maximum absolute atomic E-state index is 11.7. The highest BCUT2D eigenvalue weighted by molar-refractivity contribution is 5.74. The van der Waals surface area contributed by atoms with E-state index in [-0.39, 0.29) is 6.03 Å². The average Bonchev–Trinajstić information content (AvgIpc) is 2.97. The second kappa shape index (κ2) is 5.91. The lowest BCUT2D eigenvalue weighted by atomic mass is 9.67. The minimum absolute atomic E-state index is 0.00651. The van der Waals surface area contributed by atoms with Gasteiger partial charge in [-0.15, -0.1) is 0 Å². The monoisotopic (exact) mass is 254 g/mol. The molecule has 2 N–H and O–H groups in total. The zero-order chi connectivity index (χ0) is 13.0. The van der Waals surface area contributed by atoms with Crippen LogP contribution in [0, 0.1) is 11.3 Å². The molecular weight excluding hydrogens is 228 g/mol. The first-order valence-electron chi connectivity index (χ1n) is 7.27. The third kappa shape index (κ3) is 3.61. The highest BCUT2D eigenvalue weighted by atomic mass is 16.5. The number of hydrogen-bond donors (Lipinski definition) is 2. The molecule has 2 fully saturated rings. The fraction of sp³-hybridized carbons (Fsp3) is 0.929. The van der Waals surface area contributed by atoms with Gasteiger partial charge in [-0.2, -0.15) is 0 Å². The van der Waals surface area contributed by atoms with Gasteiger partial charge in [0.25, 0.3) is 0 Å². The van der Waals surface area contributed by atoms with Gasteiger partial charge in [0.15, 0.2) is 0 Å². The number of urea groups is 1. The van der Waals surface area contributed by atoms with Crippen molar-refractivity contribution in [2.24, 2.45) is 11.3 Å². The zero-order valence-electron chi connectivity index (χ0n) is 11.6. The molecule has 0 bridgehead atoms. The van der Waals surface area contributed by atoms with E-state index in [0.29, 0.717) is 17.4 Å². The van der Waals surface area contributed by atoms with E-state index >= 15 is 0 Å². The van der Waals surface area contributed by atoms with Crippen molar-refractivity contribution >= 4 is 6.03 Å². The molecule has 0 aliphatic heterocycles. The predicted molar refractivity (Wildman–Crippen MR) is 71.5 cm³/mol. The van der Waals surface area contributed by atoms with Crippen LogP contribution in [-0.2, 0) is 4.74 Å². The predicted octanol–water partition coefficient (Wildman–Crippen LogP) is 2.29. The van der Waals surface area contributed by atoms with E-state index < -0.39 is 0 Å². The van der Waals surface area contributed by atoms with E-state index in [9.17, 15) is 4.79 Å². The van der Waals surface area contributed by atoms with Gasteiger partial charge in [-0.25, -0.2) is 4.79 Å². The molecule has 0 heterocycles. The molecule has 2 saturated carbocycles. The molecule has 0 radical (unpaired) electrons. The summed E-state index contributed by atoms with van der Waals surface area (Å²) in [6, 6.07) is 0.415. The van der Waals surface area contributed by atoms with Gasteiger partial charge >= 0.3 is 6.03 Å². The summed E-state index contributed by atoms with van der Waals surface area (Å²) in [5, 5.41) is 6.05. The third-order valence-electron chi connectivity index (χ3n) is 4.44. The molecule has 4 nitrogen and oxygen atoms in total. The summed E-state index contributed by atoms with van der Waals surface area (Å²) in [7, 11) is 0. The Morgan fingerprint density at radius 3 is 2.67 bits per heavy atom. The lowest BCUT2D eigenvalue weighted by molar-refractivity contribution is 0.0557. The van der Waals surface area contributed by atoms with Gasteiger partial charge in [0.05, 0.1) is 0 Å². The van der Waals surface area contributed by atoms with Crippen molar-refractivity contribution in [3.63, 3.8) is 0 Å². The van der Waals surface area contributed by atoms with Gasteiger partial charge in [0.1, 0.15) is 0 Å². The first-order chi connectivity index (χ1) is 8.65. The van der Waals surface area contributed by atoms with E-state index in [2.05, 4.69) is 17.6 Å². The summed E-state index contributed by atoms with van der Waals surface area (Å²) in [5.74, 6) is 0.659. The molecule has 0 saturated heterocycles. The van der Waals surface area contributed by atoms with Gasteiger partial charge < -0.3 is 15.4 Å². The van der Waals surface area contributed by atoms with Crippen LogP contribution in [0.3, 0.4) is 0 Å². The van der Waals surface area contributed by atoms with Crippen molar-refractivity contribution in [2.45, 2.75) is 52.0 Å². The molecule has 4 heteroatoms. The number of hydrogen-bond acceptors (Lipinski definition) is 2. The van der Waals surface area contributed by atoms with Crippen LogP contribution in [0.4, 0.5) is 4.79 Å². The Bertz CT molecular complexity index is 290. The van der Waals surface area contributed by atoms with Crippen molar-refractivity contribution < 1.29 is 9.53 Å². The van der Waals surface area contributed by atoms with E-state index in [1.165, 1.54) is 19.3 Å². The maximum atomic E-state index is 11.7. The highest BCUT2D eigenvalue weighted by Crippen LogP contribution is 2.43. The number of carbonyl (C=O) groups is 1. The molecular formula is C14H26N2O2. The fourth-order valence-electron chi connectivity index (χ4n) is 2.64. The van der Waals surface area contributed by atoms with Gasteiger partial charge in [0, 0.05) is 25.8 Å². The molecule has 0 aromatic heterocycles. The number of nitrogens with one attached hydrogen (secondary N) is 2. The lowest BCUT2D eigenvalue weighted by Gasteiger charge is -2.42. The zero-order valence-corrected chi connectivity index (χ0v) is 11.6. The van der Waals surface area contributed by atoms with Gasteiger partial charge in [0.2, 0.25) is 0 Å². The summed E-state index contributed by atoms with van der Waals surface area (Å²) in [6.07, 6.45) is 5.93. The Morgan fingerprint density at radius 2 is 2.17 bits per heavy atom. The Balaban J connectivity index is 1.64. The van der Waals surface area contributed by atoms with Crippen LogP contribution in [0.1, 0.15) is 46.0 Å². The Morgan fingerprint density at radius 1 is 1.44 bits per heavy atom. The molecule has 0 aromatic rings. The number of rotatable bonds is 7. The van der Waals surface area contributed by atoms with E-state index in [0.717, 1.165) is 32.6 Å². The van der Waals surface area contributed by atoms with Gasteiger partial charge in [-0.05, 0) is 43.9 Å². The molecule has 2 atom stereocenters.